The van der Waals surface area contributed by atoms with Crippen molar-refractivity contribution in [1.29, 1.82) is 0 Å². The number of nitrogens with zero attached hydrogens (tertiary/aromatic N) is 4. The van der Waals surface area contributed by atoms with Crippen LogP contribution in [0.3, 0.4) is 0 Å². The van der Waals surface area contributed by atoms with Gasteiger partial charge in [-0.2, -0.15) is 0 Å². The molecule has 1 aromatic rings. The first kappa shape index (κ1) is 12.0. The molecule has 0 fully saturated rings. The van der Waals surface area contributed by atoms with Crippen LogP contribution in [0.1, 0.15) is 13.8 Å². The molecule has 0 radical (unpaired) electrons. The van der Waals surface area contributed by atoms with E-state index in [0.29, 0.717) is 11.1 Å². The van der Waals surface area contributed by atoms with Gasteiger partial charge in [0.25, 0.3) is 0 Å². The van der Waals surface area contributed by atoms with Gasteiger partial charge in [-0.25, -0.2) is 4.68 Å². The SMILES string of the molecule is COC(=O)CSc1nnnn1CC(C)C. The van der Waals surface area contributed by atoms with E-state index in [4.69, 9.17) is 0 Å². The van der Waals surface area contributed by atoms with Crippen LogP contribution in [0.2, 0.25) is 0 Å². The van der Waals surface area contributed by atoms with Gasteiger partial charge in [-0.15, -0.1) is 5.10 Å². The maximum absolute atomic E-state index is 10.9. The minimum atomic E-state index is -0.279. The molecule has 0 unspecified atom stereocenters. The molecule has 0 saturated heterocycles. The second kappa shape index (κ2) is 5.69. The minimum Gasteiger partial charge on any atom is -0.468 e. The van der Waals surface area contributed by atoms with Crippen molar-refractivity contribution in [2.24, 2.45) is 5.92 Å². The number of rotatable bonds is 5. The van der Waals surface area contributed by atoms with Crippen LogP contribution in [0.15, 0.2) is 5.16 Å². The van der Waals surface area contributed by atoms with Crippen LogP contribution in [0, 0.1) is 5.92 Å². The lowest BCUT2D eigenvalue weighted by molar-refractivity contribution is -0.137. The normalized spacial score (nSPS) is 10.7. The average Bonchev–Trinajstić information content (AvgIpc) is 2.61. The molecule has 0 spiro atoms. The summed E-state index contributed by atoms with van der Waals surface area (Å²) in [5.74, 6) is 0.416. The highest BCUT2D eigenvalue weighted by atomic mass is 32.2. The van der Waals surface area contributed by atoms with Gasteiger partial charge in [0.1, 0.15) is 0 Å². The summed E-state index contributed by atoms with van der Waals surface area (Å²) in [5, 5.41) is 11.9. The summed E-state index contributed by atoms with van der Waals surface area (Å²) in [4.78, 5) is 10.9. The number of carbonyl (C=O) groups is 1. The Labute approximate surface area is 92.4 Å². The Morgan fingerprint density at radius 1 is 1.60 bits per heavy atom. The molecule has 0 N–H and O–H groups in total. The highest BCUT2D eigenvalue weighted by Crippen LogP contribution is 2.14. The van der Waals surface area contributed by atoms with Crippen molar-refractivity contribution in [2.45, 2.75) is 25.5 Å². The van der Waals surface area contributed by atoms with Crippen molar-refractivity contribution in [1.82, 2.24) is 20.2 Å². The standard InChI is InChI=1S/C8H14N4O2S/c1-6(2)4-12-8(9-10-11-12)15-5-7(13)14-3/h6H,4-5H2,1-3H3. The minimum absolute atomic E-state index is 0.231. The monoisotopic (exact) mass is 230 g/mol. The number of aromatic nitrogens is 4. The third-order valence-electron chi connectivity index (χ3n) is 1.58. The van der Waals surface area contributed by atoms with Crippen LogP contribution in [0.4, 0.5) is 0 Å². The molecule has 0 aliphatic carbocycles. The molecule has 7 heteroatoms. The molecular weight excluding hydrogens is 216 g/mol. The summed E-state index contributed by atoms with van der Waals surface area (Å²) in [5.41, 5.74) is 0. The summed E-state index contributed by atoms with van der Waals surface area (Å²) in [7, 11) is 1.36. The molecular formula is C8H14N4O2S. The summed E-state index contributed by atoms with van der Waals surface area (Å²) < 4.78 is 6.22. The zero-order valence-electron chi connectivity index (χ0n) is 9.01. The average molecular weight is 230 g/mol. The number of thioether (sulfide) groups is 1. The van der Waals surface area contributed by atoms with E-state index in [0.717, 1.165) is 6.54 Å². The zero-order valence-corrected chi connectivity index (χ0v) is 9.82. The van der Waals surface area contributed by atoms with E-state index in [1.807, 2.05) is 0 Å². The lowest BCUT2D eigenvalue weighted by Gasteiger charge is -2.05. The van der Waals surface area contributed by atoms with Gasteiger partial charge >= 0.3 is 5.97 Å². The molecule has 1 rings (SSSR count). The van der Waals surface area contributed by atoms with Crippen molar-refractivity contribution in [3.05, 3.63) is 0 Å². The molecule has 0 aliphatic heterocycles. The van der Waals surface area contributed by atoms with E-state index in [2.05, 4.69) is 34.1 Å². The van der Waals surface area contributed by atoms with E-state index in [1.165, 1.54) is 18.9 Å². The molecule has 0 atom stereocenters. The third-order valence-corrected chi connectivity index (χ3v) is 2.51. The van der Waals surface area contributed by atoms with Crippen molar-refractivity contribution in [2.75, 3.05) is 12.9 Å². The van der Waals surface area contributed by atoms with Crippen molar-refractivity contribution >= 4 is 17.7 Å². The van der Waals surface area contributed by atoms with Gasteiger partial charge in [0.05, 0.1) is 12.9 Å². The third kappa shape index (κ3) is 3.86. The van der Waals surface area contributed by atoms with Gasteiger partial charge in [-0.1, -0.05) is 25.6 Å². The van der Waals surface area contributed by atoms with Gasteiger partial charge in [-0.3, -0.25) is 4.79 Å². The van der Waals surface area contributed by atoms with Crippen LogP contribution < -0.4 is 0 Å². The zero-order chi connectivity index (χ0) is 11.3. The second-order valence-electron chi connectivity index (χ2n) is 3.40. The van der Waals surface area contributed by atoms with Crippen LogP contribution in [0.5, 0.6) is 0 Å². The molecule has 6 nitrogen and oxygen atoms in total. The molecule has 0 aromatic carbocycles. The fraction of sp³-hybridized carbons (Fsp3) is 0.750. The summed E-state index contributed by atoms with van der Waals surface area (Å²) in [6.07, 6.45) is 0. The maximum Gasteiger partial charge on any atom is 0.316 e. The van der Waals surface area contributed by atoms with Gasteiger partial charge in [-0.05, 0) is 16.3 Å². The molecule has 1 aromatic heterocycles. The van der Waals surface area contributed by atoms with E-state index < -0.39 is 0 Å². The topological polar surface area (TPSA) is 69.9 Å². The highest BCUT2D eigenvalue weighted by molar-refractivity contribution is 7.99. The largest absolute Gasteiger partial charge is 0.468 e. The molecule has 0 bridgehead atoms. The Kier molecular flexibility index (Phi) is 4.54. The van der Waals surface area contributed by atoms with Crippen LogP contribution in [0.25, 0.3) is 0 Å². The van der Waals surface area contributed by atoms with Gasteiger partial charge in [0.2, 0.25) is 5.16 Å². The predicted octanol–water partition coefficient (Wildman–Crippen LogP) is 0.594. The first-order chi connectivity index (χ1) is 7.13. The van der Waals surface area contributed by atoms with Crippen molar-refractivity contribution < 1.29 is 9.53 Å². The number of esters is 1. The first-order valence-electron chi connectivity index (χ1n) is 4.59. The number of tetrazole rings is 1. The molecule has 15 heavy (non-hydrogen) atoms. The van der Waals surface area contributed by atoms with E-state index in [9.17, 15) is 4.79 Å². The molecule has 1 heterocycles. The van der Waals surface area contributed by atoms with Crippen molar-refractivity contribution in [3.63, 3.8) is 0 Å². The van der Waals surface area contributed by atoms with Crippen LogP contribution in [-0.2, 0) is 16.1 Å². The molecule has 0 aliphatic rings. The Morgan fingerprint density at radius 2 is 2.33 bits per heavy atom. The lowest BCUT2D eigenvalue weighted by atomic mass is 10.2. The Bertz CT molecular complexity index is 326. The van der Waals surface area contributed by atoms with Gasteiger partial charge in [0.15, 0.2) is 0 Å². The Hall–Kier alpha value is -1.11. The lowest BCUT2D eigenvalue weighted by Crippen LogP contribution is -2.09. The number of hydrogen-bond acceptors (Lipinski definition) is 6. The second-order valence-corrected chi connectivity index (χ2v) is 4.34. The highest BCUT2D eigenvalue weighted by Gasteiger charge is 2.10. The van der Waals surface area contributed by atoms with E-state index >= 15 is 0 Å². The Morgan fingerprint density at radius 3 is 2.93 bits per heavy atom. The van der Waals surface area contributed by atoms with Gasteiger partial charge < -0.3 is 4.74 Å². The molecule has 0 saturated carbocycles. The quantitative estimate of drug-likeness (QED) is 0.545. The molecule has 0 amide bonds. The number of methoxy groups -OCH3 is 1. The maximum atomic E-state index is 10.9. The fourth-order valence-electron chi connectivity index (χ4n) is 0.943. The van der Waals surface area contributed by atoms with Crippen molar-refractivity contribution in [3.8, 4) is 0 Å². The summed E-state index contributed by atoms with van der Waals surface area (Å²) in [6, 6.07) is 0. The number of hydrogen-bond donors (Lipinski definition) is 0. The predicted molar refractivity (Wildman–Crippen MR) is 55.4 cm³/mol. The van der Waals surface area contributed by atoms with Crippen LogP contribution in [-0.4, -0.2) is 39.0 Å². The summed E-state index contributed by atoms with van der Waals surface area (Å²) in [6.45, 7) is 4.91. The molecule has 84 valence electrons. The summed E-state index contributed by atoms with van der Waals surface area (Å²) >= 11 is 1.28. The smallest absolute Gasteiger partial charge is 0.316 e. The fourth-order valence-corrected chi connectivity index (χ4v) is 1.66. The first-order valence-corrected chi connectivity index (χ1v) is 5.57. The van der Waals surface area contributed by atoms with E-state index in [1.54, 1.807) is 4.68 Å². The van der Waals surface area contributed by atoms with Gasteiger partial charge in [0, 0.05) is 6.54 Å². The van der Waals surface area contributed by atoms with Crippen LogP contribution >= 0.6 is 11.8 Å². The van der Waals surface area contributed by atoms with E-state index in [-0.39, 0.29) is 11.7 Å². The Balaban J connectivity index is 2.53. The number of ether oxygens (including phenoxy) is 1. The number of carbonyl (C=O) groups excluding carboxylic acids is 1.